The van der Waals surface area contributed by atoms with E-state index in [1.807, 2.05) is 12.1 Å². The van der Waals surface area contributed by atoms with Gasteiger partial charge < -0.3 is 0 Å². The molecule has 5 rings (SSSR count). The molecule has 0 aliphatic carbocycles. The van der Waals surface area contributed by atoms with Crippen molar-refractivity contribution in [1.29, 1.82) is 0 Å². The number of thiazole rings is 2. The number of fused-ring (bicyclic) bond motifs is 3. The Morgan fingerprint density at radius 1 is 0.522 bits per heavy atom. The number of aromatic nitrogens is 2. The van der Waals surface area contributed by atoms with Crippen molar-refractivity contribution >= 4 is 53.1 Å². The third kappa shape index (κ3) is 2.20. The molecule has 0 saturated heterocycles. The molecule has 5 aromatic rings. The van der Waals surface area contributed by atoms with Crippen LogP contribution in [0.4, 0.5) is 0 Å². The number of rotatable bonds is 2. The smallest absolute Gasteiger partial charge is 0.138 e. The molecule has 0 unspecified atom stereocenters. The maximum atomic E-state index is 4.80. The van der Waals surface area contributed by atoms with Crippen molar-refractivity contribution in [3.8, 4) is 21.1 Å². The van der Waals surface area contributed by atoms with Gasteiger partial charge in [0.2, 0.25) is 0 Å². The van der Waals surface area contributed by atoms with Crippen LogP contribution in [0, 0.1) is 0 Å². The first-order chi connectivity index (χ1) is 11.4. The highest BCUT2D eigenvalue weighted by Crippen LogP contribution is 2.44. The van der Waals surface area contributed by atoms with Crippen LogP contribution in [0.1, 0.15) is 0 Å². The Balaban J connectivity index is 1.68. The van der Waals surface area contributed by atoms with Crippen LogP contribution in [0.2, 0.25) is 0 Å². The largest absolute Gasteiger partial charge is 0.225 e. The topological polar surface area (TPSA) is 25.8 Å². The lowest BCUT2D eigenvalue weighted by molar-refractivity contribution is 1.50. The number of nitrogens with zero attached hydrogens (tertiary/aromatic N) is 2. The predicted octanol–water partition coefficient (Wildman–Crippen LogP) is 6.30. The first kappa shape index (κ1) is 13.4. The minimum Gasteiger partial charge on any atom is -0.225 e. The van der Waals surface area contributed by atoms with Gasteiger partial charge in [0, 0.05) is 11.1 Å². The minimum atomic E-state index is 1.09. The second kappa shape index (κ2) is 5.23. The summed E-state index contributed by atoms with van der Waals surface area (Å²) in [6.07, 6.45) is 0. The highest BCUT2D eigenvalue weighted by molar-refractivity contribution is 7.39. The summed E-state index contributed by atoms with van der Waals surface area (Å²) < 4.78 is 2.53. The fraction of sp³-hybridized carbons (Fsp3) is 0. The van der Waals surface area contributed by atoms with Gasteiger partial charge >= 0.3 is 0 Å². The summed E-state index contributed by atoms with van der Waals surface area (Å²) in [7, 11) is 0. The van der Waals surface area contributed by atoms with Gasteiger partial charge in [-0.1, -0.05) is 72.0 Å². The van der Waals surface area contributed by atoms with Gasteiger partial charge in [0.25, 0.3) is 0 Å². The van der Waals surface area contributed by atoms with Crippen molar-refractivity contribution in [2.24, 2.45) is 0 Å². The van der Waals surface area contributed by atoms with E-state index in [-0.39, 0.29) is 0 Å². The average Bonchev–Trinajstić information content (AvgIpc) is 3.26. The van der Waals surface area contributed by atoms with E-state index in [2.05, 4.69) is 48.5 Å². The maximum Gasteiger partial charge on any atom is 0.138 e. The Bertz CT molecular complexity index is 1020. The highest BCUT2D eigenvalue weighted by Gasteiger charge is 2.16. The molecule has 3 aromatic heterocycles. The van der Waals surface area contributed by atoms with Gasteiger partial charge in [0.05, 0.1) is 9.40 Å². The van der Waals surface area contributed by atoms with Crippen LogP contribution in [-0.4, -0.2) is 9.97 Å². The van der Waals surface area contributed by atoms with Crippen molar-refractivity contribution in [2.75, 3.05) is 0 Å². The molecule has 0 radical (unpaired) electrons. The third-order valence-corrected chi connectivity index (χ3v) is 7.24. The summed E-state index contributed by atoms with van der Waals surface area (Å²) in [5.41, 5.74) is 2.36. The molecule has 0 saturated carbocycles. The van der Waals surface area contributed by atoms with Crippen LogP contribution in [0.15, 0.2) is 60.7 Å². The van der Waals surface area contributed by atoms with E-state index in [1.165, 1.54) is 20.5 Å². The van der Waals surface area contributed by atoms with Crippen LogP contribution in [0.5, 0.6) is 0 Å². The SMILES string of the molecule is c1ccc(-c2nc3sc4nc(-c5ccccc5)sc4c3s2)cc1. The Labute approximate surface area is 144 Å². The highest BCUT2D eigenvalue weighted by atomic mass is 32.1. The first-order valence-electron chi connectivity index (χ1n) is 7.19. The van der Waals surface area contributed by atoms with E-state index >= 15 is 0 Å². The summed E-state index contributed by atoms with van der Waals surface area (Å²) >= 11 is 5.22. The van der Waals surface area contributed by atoms with E-state index in [0.29, 0.717) is 0 Å². The Morgan fingerprint density at radius 3 is 1.39 bits per heavy atom. The second-order valence-corrected chi connectivity index (χ2v) is 8.12. The van der Waals surface area contributed by atoms with Gasteiger partial charge in [-0.15, -0.1) is 22.7 Å². The standard InChI is InChI=1S/C18H10N2S3/c1-3-7-11(8-4-1)15-19-17-13(21-15)14-18(23-17)20-16(22-14)12-9-5-2-6-10-12/h1-10H. The van der Waals surface area contributed by atoms with Crippen LogP contribution in [-0.2, 0) is 0 Å². The molecular weight excluding hydrogens is 340 g/mol. The molecule has 0 N–H and O–H groups in total. The molecule has 5 heteroatoms. The van der Waals surface area contributed by atoms with Crippen LogP contribution in [0.3, 0.4) is 0 Å². The normalized spacial score (nSPS) is 11.5. The lowest BCUT2D eigenvalue weighted by Gasteiger charge is -1.92. The molecular formula is C18H10N2S3. The molecule has 0 aliphatic heterocycles. The van der Waals surface area contributed by atoms with Crippen molar-refractivity contribution in [2.45, 2.75) is 0 Å². The minimum absolute atomic E-state index is 1.09. The monoisotopic (exact) mass is 350 g/mol. The Morgan fingerprint density at radius 2 is 0.957 bits per heavy atom. The van der Waals surface area contributed by atoms with Gasteiger partial charge in [-0.05, 0) is 0 Å². The van der Waals surface area contributed by atoms with Crippen LogP contribution >= 0.6 is 34.0 Å². The van der Waals surface area contributed by atoms with E-state index in [4.69, 9.17) is 9.97 Å². The molecule has 0 aliphatic rings. The molecule has 2 nitrogen and oxygen atoms in total. The van der Waals surface area contributed by atoms with Crippen molar-refractivity contribution in [1.82, 2.24) is 9.97 Å². The molecule has 23 heavy (non-hydrogen) atoms. The zero-order valence-electron chi connectivity index (χ0n) is 11.9. The van der Waals surface area contributed by atoms with Crippen molar-refractivity contribution in [3.63, 3.8) is 0 Å². The summed E-state index contributed by atoms with van der Waals surface area (Å²) in [5.74, 6) is 0. The van der Waals surface area contributed by atoms with Crippen molar-refractivity contribution < 1.29 is 0 Å². The van der Waals surface area contributed by atoms with E-state index in [9.17, 15) is 0 Å². The number of hydrogen-bond acceptors (Lipinski definition) is 5. The van der Waals surface area contributed by atoms with Gasteiger partial charge in [-0.25, -0.2) is 9.97 Å². The summed E-state index contributed by atoms with van der Waals surface area (Å²) in [6, 6.07) is 20.7. The number of benzene rings is 2. The lowest BCUT2D eigenvalue weighted by Crippen LogP contribution is -1.73. The quantitative estimate of drug-likeness (QED) is 0.373. The number of hydrogen-bond donors (Lipinski definition) is 0. The van der Waals surface area contributed by atoms with Gasteiger partial charge in [0.15, 0.2) is 0 Å². The zero-order valence-corrected chi connectivity index (χ0v) is 14.3. The van der Waals surface area contributed by atoms with Gasteiger partial charge in [-0.2, -0.15) is 0 Å². The average molecular weight is 350 g/mol. The molecule has 0 fully saturated rings. The lowest BCUT2D eigenvalue weighted by atomic mass is 10.2. The number of thiophene rings is 1. The Hall–Kier alpha value is -2.08. The van der Waals surface area contributed by atoms with E-state index in [1.54, 1.807) is 34.0 Å². The van der Waals surface area contributed by atoms with Gasteiger partial charge in [-0.3, -0.25) is 0 Å². The first-order valence-corrected chi connectivity index (χ1v) is 9.64. The summed E-state index contributed by atoms with van der Waals surface area (Å²) in [6.45, 7) is 0. The molecule has 0 bridgehead atoms. The summed E-state index contributed by atoms with van der Waals surface area (Å²) in [4.78, 5) is 11.8. The second-order valence-electron chi connectivity index (χ2n) is 5.14. The molecule has 2 aromatic carbocycles. The Kier molecular flexibility index (Phi) is 3.04. The zero-order chi connectivity index (χ0) is 15.2. The molecule has 3 heterocycles. The van der Waals surface area contributed by atoms with Crippen molar-refractivity contribution in [3.05, 3.63) is 60.7 Å². The fourth-order valence-corrected chi connectivity index (χ4v) is 6.19. The molecule has 0 amide bonds. The van der Waals surface area contributed by atoms with Gasteiger partial charge in [0.1, 0.15) is 19.7 Å². The molecule has 0 atom stereocenters. The fourth-order valence-electron chi connectivity index (χ4n) is 2.54. The van der Waals surface area contributed by atoms with Crippen LogP contribution in [0.25, 0.3) is 40.2 Å². The van der Waals surface area contributed by atoms with E-state index < -0.39 is 0 Å². The maximum absolute atomic E-state index is 4.80. The predicted molar refractivity (Wildman–Crippen MR) is 102 cm³/mol. The third-order valence-electron chi connectivity index (χ3n) is 3.63. The molecule has 0 spiro atoms. The summed E-state index contributed by atoms with van der Waals surface area (Å²) in [5, 5.41) is 2.17. The van der Waals surface area contributed by atoms with E-state index in [0.717, 1.165) is 19.7 Å². The molecule has 110 valence electrons. The van der Waals surface area contributed by atoms with Crippen LogP contribution < -0.4 is 0 Å².